The third-order valence-electron chi connectivity index (χ3n) is 3.52. The van der Waals surface area contributed by atoms with Gasteiger partial charge in [-0.05, 0) is 31.0 Å². The van der Waals surface area contributed by atoms with Gasteiger partial charge < -0.3 is 11.1 Å². The van der Waals surface area contributed by atoms with Crippen LogP contribution in [0.3, 0.4) is 0 Å². The second kappa shape index (κ2) is 6.54. The van der Waals surface area contributed by atoms with Crippen molar-refractivity contribution < 1.29 is 13.6 Å². The van der Waals surface area contributed by atoms with Crippen LogP contribution in [0.25, 0.3) is 0 Å². The normalized spacial score (nSPS) is 18.0. The summed E-state index contributed by atoms with van der Waals surface area (Å²) in [6, 6.07) is 6.45. The zero-order chi connectivity index (χ0) is 14.6. The zero-order valence-electron chi connectivity index (χ0n) is 11.1. The Bertz CT molecular complexity index is 476. The molecule has 1 fully saturated rings. The lowest BCUT2D eigenvalue weighted by molar-refractivity contribution is -0.122. The highest BCUT2D eigenvalue weighted by molar-refractivity contribution is 7.99. The minimum atomic E-state index is -2.47. The van der Waals surface area contributed by atoms with Gasteiger partial charge >= 0.3 is 0 Å². The van der Waals surface area contributed by atoms with Crippen molar-refractivity contribution in [1.29, 1.82) is 0 Å². The van der Waals surface area contributed by atoms with Crippen molar-refractivity contribution in [3.05, 3.63) is 24.3 Å². The van der Waals surface area contributed by atoms with E-state index in [2.05, 4.69) is 5.32 Å². The monoisotopic (exact) mass is 300 g/mol. The predicted molar refractivity (Wildman–Crippen MR) is 76.9 cm³/mol. The van der Waals surface area contributed by atoms with Gasteiger partial charge in [0.15, 0.2) is 0 Å². The maximum atomic E-state index is 12.3. The van der Waals surface area contributed by atoms with Crippen LogP contribution in [0.1, 0.15) is 32.1 Å². The minimum absolute atomic E-state index is 0.226. The largest absolute Gasteiger partial charge is 0.324 e. The number of alkyl halides is 2. The Morgan fingerprint density at radius 3 is 2.65 bits per heavy atom. The van der Waals surface area contributed by atoms with Crippen LogP contribution in [0.5, 0.6) is 0 Å². The van der Waals surface area contributed by atoms with Crippen molar-refractivity contribution in [2.45, 2.75) is 48.3 Å². The van der Waals surface area contributed by atoms with E-state index in [1.165, 1.54) is 0 Å². The van der Waals surface area contributed by atoms with Crippen molar-refractivity contribution in [1.82, 2.24) is 0 Å². The Balaban J connectivity index is 2.03. The molecule has 1 aromatic carbocycles. The number of amides is 1. The van der Waals surface area contributed by atoms with Crippen LogP contribution in [0.4, 0.5) is 14.5 Å². The topological polar surface area (TPSA) is 55.1 Å². The molecule has 3 nitrogen and oxygen atoms in total. The number of carbonyl (C=O) groups excluding carboxylic acids is 1. The number of thioether (sulfide) groups is 1. The lowest BCUT2D eigenvalue weighted by Crippen LogP contribution is -2.52. The molecule has 1 aromatic rings. The third kappa shape index (κ3) is 3.93. The van der Waals surface area contributed by atoms with Gasteiger partial charge in [-0.15, -0.1) is 0 Å². The number of hydrogen-bond donors (Lipinski definition) is 2. The average Bonchev–Trinajstić information content (AvgIpc) is 2.39. The van der Waals surface area contributed by atoms with E-state index >= 15 is 0 Å². The summed E-state index contributed by atoms with van der Waals surface area (Å²) >= 11 is 0.458. The molecule has 1 aliphatic rings. The van der Waals surface area contributed by atoms with Gasteiger partial charge in [-0.2, -0.15) is 8.78 Å². The second-order valence-corrected chi connectivity index (χ2v) is 6.14. The molecular weight excluding hydrogens is 282 g/mol. The van der Waals surface area contributed by atoms with Gasteiger partial charge in [-0.1, -0.05) is 37.1 Å². The fourth-order valence-electron chi connectivity index (χ4n) is 2.42. The van der Waals surface area contributed by atoms with Gasteiger partial charge in [0, 0.05) is 10.6 Å². The molecule has 20 heavy (non-hydrogen) atoms. The molecule has 0 aromatic heterocycles. The van der Waals surface area contributed by atoms with Gasteiger partial charge in [0.25, 0.3) is 5.76 Å². The molecule has 110 valence electrons. The summed E-state index contributed by atoms with van der Waals surface area (Å²) in [5.41, 5.74) is 5.81. The molecular formula is C14H18F2N2OS. The van der Waals surface area contributed by atoms with Gasteiger partial charge in [0.2, 0.25) is 5.91 Å². The van der Waals surface area contributed by atoms with E-state index in [0.717, 1.165) is 19.3 Å². The molecule has 1 aliphatic carbocycles. The molecule has 0 atom stereocenters. The SMILES string of the molecule is NC1(C(=O)Nc2cccc(SC(F)F)c2)CCCCC1. The number of halogens is 2. The van der Waals surface area contributed by atoms with Crippen LogP contribution in [-0.2, 0) is 4.79 Å². The molecule has 1 amide bonds. The Labute approximate surface area is 121 Å². The van der Waals surface area contributed by atoms with Crippen LogP contribution in [0, 0.1) is 0 Å². The molecule has 0 radical (unpaired) electrons. The third-order valence-corrected chi connectivity index (χ3v) is 4.22. The fraction of sp³-hybridized carbons (Fsp3) is 0.500. The summed E-state index contributed by atoms with van der Waals surface area (Å²) in [4.78, 5) is 12.7. The van der Waals surface area contributed by atoms with Crippen molar-refractivity contribution in [3.8, 4) is 0 Å². The minimum Gasteiger partial charge on any atom is -0.324 e. The smallest absolute Gasteiger partial charge is 0.288 e. The van der Waals surface area contributed by atoms with Gasteiger partial charge in [0.05, 0.1) is 5.54 Å². The molecule has 1 saturated carbocycles. The Hall–Kier alpha value is -1.14. The van der Waals surface area contributed by atoms with Crippen LogP contribution in [0.15, 0.2) is 29.2 Å². The Morgan fingerprint density at radius 1 is 1.30 bits per heavy atom. The standard InChI is InChI=1S/C14H18F2N2OS/c15-13(16)20-11-6-4-5-10(9-11)18-12(19)14(17)7-2-1-3-8-14/h4-6,9,13H,1-3,7-8,17H2,(H,18,19). The molecule has 0 heterocycles. The molecule has 0 aliphatic heterocycles. The van der Waals surface area contributed by atoms with Crippen molar-refractivity contribution in [2.24, 2.45) is 5.73 Å². The fourth-order valence-corrected chi connectivity index (χ4v) is 2.97. The quantitative estimate of drug-likeness (QED) is 0.835. The van der Waals surface area contributed by atoms with Crippen LogP contribution in [-0.4, -0.2) is 17.2 Å². The molecule has 0 saturated heterocycles. The number of benzene rings is 1. The molecule has 0 unspecified atom stereocenters. The van der Waals surface area contributed by atoms with Crippen LogP contribution < -0.4 is 11.1 Å². The number of hydrogen-bond acceptors (Lipinski definition) is 3. The Morgan fingerprint density at radius 2 is 2.00 bits per heavy atom. The van der Waals surface area contributed by atoms with E-state index in [1.807, 2.05) is 0 Å². The van der Waals surface area contributed by atoms with Crippen LogP contribution in [0.2, 0.25) is 0 Å². The predicted octanol–water partition coefficient (Wildman–Crippen LogP) is 3.60. The van der Waals surface area contributed by atoms with Gasteiger partial charge in [-0.25, -0.2) is 0 Å². The van der Waals surface area contributed by atoms with Crippen molar-refractivity contribution >= 4 is 23.4 Å². The molecule has 0 bridgehead atoms. The van der Waals surface area contributed by atoms with E-state index in [-0.39, 0.29) is 5.91 Å². The van der Waals surface area contributed by atoms with Gasteiger partial charge in [0.1, 0.15) is 0 Å². The van der Waals surface area contributed by atoms with E-state index in [1.54, 1.807) is 24.3 Å². The lowest BCUT2D eigenvalue weighted by Gasteiger charge is -2.31. The molecule has 3 N–H and O–H groups in total. The van der Waals surface area contributed by atoms with E-state index in [9.17, 15) is 13.6 Å². The van der Waals surface area contributed by atoms with Crippen molar-refractivity contribution in [3.63, 3.8) is 0 Å². The summed E-state index contributed by atoms with van der Waals surface area (Å²) < 4.78 is 24.6. The highest BCUT2D eigenvalue weighted by Crippen LogP contribution is 2.29. The zero-order valence-corrected chi connectivity index (χ0v) is 11.9. The first-order valence-corrected chi connectivity index (χ1v) is 7.53. The van der Waals surface area contributed by atoms with Crippen molar-refractivity contribution in [2.75, 3.05) is 5.32 Å². The second-order valence-electron chi connectivity index (χ2n) is 5.08. The average molecular weight is 300 g/mol. The summed E-state index contributed by atoms with van der Waals surface area (Å²) in [6.45, 7) is 0. The number of nitrogens with two attached hydrogens (primary N) is 1. The van der Waals surface area contributed by atoms with E-state index in [0.29, 0.717) is 35.2 Å². The Kier molecular flexibility index (Phi) is 4.99. The first-order chi connectivity index (χ1) is 9.49. The maximum Gasteiger partial charge on any atom is 0.288 e. The first kappa shape index (κ1) is 15.3. The number of nitrogens with one attached hydrogen (secondary N) is 1. The van der Waals surface area contributed by atoms with E-state index in [4.69, 9.17) is 5.73 Å². The van der Waals surface area contributed by atoms with Gasteiger partial charge in [-0.3, -0.25) is 4.79 Å². The van der Waals surface area contributed by atoms with Crippen LogP contribution >= 0.6 is 11.8 Å². The number of rotatable bonds is 4. The molecule has 6 heteroatoms. The summed E-state index contributed by atoms with van der Waals surface area (Å²) in [6.07, 6.45) is 4.34. The van der Waals surface area contributed by atoms with E-state index < -0.39 is 11.3 Å². The molecule has 0 spiro atoms. The highest BCUT2D eigenvalue weighted by Gasteiger charge is 2.35. The summed E-state index contributed by atoms with van der Waals surface area (Å²) in [7, 11) is 0. The summed E-state index contributed by atoms with van der Waals surface area (Å²) in [5.74, 6) is -2.70. The number of anilines is 1. The lowest BCUT2D eigenvalue weighted by atomic mass is 9.82. The molecule has 2 rings (SSSR count). The highest BCUT2D eigenvalue weighted by atomic mass is 32.2. The number of carbonyl (C=O) groups is 1. The summed E-state index contributed by atoms with van der Waals surface area (Å²) in [5, 5.41) is 2.74. The first-order valence-electron chi connectivity index (χ1n) is 6.65. The maximum absolute atomic E-state index is 12.3.